The number of rotatable bonds is 3. The molecule has 2 amide bonds. The molecular formula is C14H15N3O4. The Bertz CT molecular complexity index is 595. The van der Waals surface area contributed by atoms with Crippen molar-refractivity contribution in [3.05, 3.63) is 35.7 Å². The molecule has 0 bridgehead atoms. The highest BCUT2D eigenvalue weighted by molar-refractivity contribution is 5.96. The Morgan fingerprint density at radius 3 is 2.86 bits per heavy atom. The summed E-state index contributed by atoms with van der Waals surface area (Å²) in [4.78, 5) is 39.8. The molecule has 2 N–H and O–H groups in total. The van der Waals surface area contributed by atoms with Crippen molar-refractivity contribution in [1.82, 2.24) is 15.2 Å². The molecule has 0 radical (unpaired) electrons. The molecule has 1 unspecified atom stereocenters. The highest BCUT2D eigenvalue weighted by Gasteiger charge is 2.30. The Balaban J connectivity index is 2.12. The minimum atomic E-state index is -1.05. The number of hydrogen-bond acceptors (Lipinski definition) is 4. The predicted octanol–water partition coefficient (Wildman–Crippen LogP) is 0.140. The number of carboxylic acids is 1. The summed E-state index contributed by atoms with van der Waals surface area (Å²) in [6, 6.07) is 2.59. The van der Waals surface area contributed by atoms with Crippen molar-refractivity contribution in [1.29, 1.82) is 0 Å². The van der Waals surface area contributed by atoms with E-state index >= 15 is 0 Å². The number of carbonyl (C=O) groups excluding carboxylic acids is 2. The molecule has 0 aromatic carbocycles. The first-order chi connectivity index (χ1) is 9.99. The molecule has 0 spiro atoms. The first-order valence-electron chi connectivity index (χ1n) is 6.45. The Hall–Kier alpha value is -2.70. The third kappa shape index (κ3) is 3.44. The van der Waals surface area contributed by atoms with Crippen LogP contribution in [0.15, 0.2) is 24.4 Å². The van der Waals surface area contributed by atoms with Crippen LogP contribution in [-0.4, -0.2) is 51.9 Å². The van der Waals surface area contributed by atoms with Crippen molar-refractivity contribution in [3.8, 4) is 0 Å². The van der Waals surface area contributed by atoms with Gasteiger partial charge >= 0.3 is 5.97 Å². The van der Waals surface area contributed by atoms with Gasteiger partial charge in [-0.2, -0.15) is 0 Å². The fourth-order valence-electron chi connectivity index (χ4n) is 2.00. The normalized spacial score (nSPS) is 18.6. The number of aromatic nitrogens is 1. The number of amides is 2. The number of carboxylic acid groups (broad SMARTS) is 1. The lowest BCUT2D eigenvalue weighted by Gasteiger charge is -2.32. The van der Waals surface area contributed by atoms with Crippen LogP contribution in [0, 0.1) is 0 Å². The summed E-state index contributed by atoms with van der Waals surface area (Å²) in [7, 11) is 0. The molecule has 110 valence electrons. The van der Waals surface area contributed by atoms with Gasteiger partial charge in [0.15, 0.2) is 0 Å². The van der Waals surface area contributed by atoms with Gasteiger partial charge in [0.1, 0.15) is 11.7 Å². The minimum absolute atomic E-state index is 0.185. The molecule has 1 aromatic rings. The van der Waals surface area contributed by atoms with Gasteiger partial charge in [-0.1, -0.05) is 6.07 Å². The van der Waals surface area contributed by atoms with Gasteiger partial charge in [-0.25, -0.2) is 4.79 Å². The topological polar surface area (TPSA) is 99.6 Å². The second kappa shape index (κ2) is 6.17. The zero-order valence-electron chi connectivity index (χ0n) is 11.4. The maximum atomic E-state index is 12.3. The largest absolute Gasteiger partial charge is 0.478 e. The van der Waals surface area contributed by atoms with Gasteiger partial charge in [0.05, 0.1) is 0 Å². The van der Waals surface area contributed by atoms with E-state index in [-0.39, 0.29) is 17.5 Å². The summed E-state index contributed by atoms with van der Waals surface area (Å²) < 4.78 is 0. The zero-order chi connectivity index (χ0) is 15.4. The van der Waals surface area contributed by atoms with Crippen LogP contribution < -0.4 is 5.32 Å². The quantitative estimate of drug-likeness (QED) is 0.771. The Morgan fingerprint density at radius 2 is 2.24 bits per heavy atom. The molecule has 0 aliphatic carbocycles. The van der Waals surface area contributed by atoms with Gasteiger partial charge in [0, 0.05) is 25.4 Å². The van der Waals surface area contributed by atoms with Crippen molar-refractivity contribution in [2.24, 2.45) is 0 Å². The van der Waals surface area contributed by atoms with Crippen LogP contribution in [0.2, 0.25) is 0 Å². The number of hydrogen-bond donors (Lipinski definition) is 2. The lowest BCUT2D eigenvalue weighted by atomic mass is 10.1. The first kappa shape index (κ1) is 14.7. The molecule has 7 nitrogen and oxygen atoms in total. The maximum absolute atomic E-state index is 12.3. The summed E-state index contributed by atoms with van der Waals surface area (Å²) >= 11 is 0. The van der Waals surface area contributed by atoms with Crippen molar-refractivity contribution in [3.63, 3.8) is 0 Å². The summed E-state index contributed by atoms with van der Waals surface area (Å²) in [6.07, 6.45) is 3.80. The Labute approximate surface area is 121 Å². The van der Waals surface area contributed by atoms with E-state index in [4.69, 9.17) is 5.11 Å². The molecule has 2 heterocycles. The highest BCUT2D eigenvalue weighted by Crippen LogP contribution is 2.10. The van der Waals surface area contributed by atoms with Crippen LogP contribution >= 0.6 is 0 Å². The summed E-state index contributed by atoms with van der Waals surface area (Å²) in [6.45, 7) is 2.53. The fourth-order valence-corrected chi connectivity index (χ4v) is 2.00. The zero-order valence-corrected chi connectivity index (χ0v) is 11.4. The van der Waals surface area contributed by atoms with Gasteiger partial charge in [0.25, 0.3) is 5.91 Å². The van der Waals surface area contributed by atoms with E-state index in [1.165, 1.54) is 23.2 Å². The highest BCUT2D eigenvalue weighted by atomic mass is 16.4. The minimum Gasteiger partial charge on any atom is -0.478 e. The molecule has 1 aliphatic heterocycles. The standard InChI is InChI=1S/C14H15N3O4/c1-9-13(20)15-6-7-17(9)14(21)11-4-2-10(8-16-11)3-5-12(18)19/h2-5,8-9H,6-7H2,1H3,(H,15,20)(H,18,19). The first-order valence-corrected chi connectivity index (χ1v) is 6.45. The van der Waals surface area contributed by atoms with Crippen LogP contribution in [0.1, 0.15) is 23.0 Å². The van der Waals surface area contributed by atoms with Gasteiger partial charge in [-0.3, -0.25) is 14.6 Å². The molecule has 1 atom stereocenters. The number of nitrogens with one attached hydrogen (secondary N) is 1. The van der Waals surface area contributed by atoms with Gasteiger partial charge < -0.3 is 15.3 Å². The van der Waals surface area contributed by atoms with Gasteiger partial charge in [0.2, 0.25) is 5.91 Å². The Morgan fingerprint density at radius 1 is 1.48 bits per heavy atom. The van der Waals surface area contributed by atoms with Crippen molar-refractivity contribution >= 4 is 23.9 Å². The Kier molecular flexibility index (Phi) is 4.32. The van der Waals surface area contributed by atoms with Crippen LogP contribution in [0.25, 0.3) is 6.08 Å². The second-order valence-electron chi connectivity index (χ2n) is 4.61. The van der Waals surface area contributed by atoms with E-state index in [9.17, 15) is 14.4 Å². The average molecular weight is 289 g/mol. The molecule has 0 saturated carbocycles. The number of aliphatic carboxylic acids is 1. The lowest BCUT2D eigenvalue weighted by Crippen LogP contribution is -2.55. The van der Waals surface area contributed by atoms with Crippen molar-refractivity contribution in [2.75, 3.05) is 13.1 Å². The number of piperazine rings is 1. The summed E-state index contributed by atoms with van der Waals surface area (Å²) in [5.74, 6) is -1.55. The summed E-state index contributed by atoms with van der Waals surface area (Å²) in [5.41, 5.74) is 0.808. The second-order valence-corrected chi connectivity index (χ2v) is 4.61. The lowest BCUT2D eigenvalue weighted by molar-refractivity contribution is -0.131. The molecule has 1 aromatic heterocycles. The van der Waals surface area contributed by atoms with Crippen molar-refractivity contribution in [2.45, 2.75) is 13.0 Å². The monoisotopic (exact) mass is 289 g/mol. The average Bonchev–Trinajstić information content (AvgIpc) is 2.48. The van der Waals surface area contributed by atoms with Crippen LogP contribution in [0.3, 0.4) is 0 Å². The number of nitrogens with zero attached hydrogens (tertiary/aromatic N) is 2. The maximum Gasteiger partial charge on any atom is 0.328 e. The molecule has 7 heteroatoms. The fraction of sp³-hybridized carbons (Fsp3) is 0.286. The van der Waals surface area contributed by atoms with E-state index < -0.39 is 12.0 Å². The summed E-state index contributed by atoms with van der Waals surface area (Å²) in [5, 5.41) is 11.2. The van der Waals surface area contributed by atoms with E-state index in [1.54, 1.807) is 13.0 Å². The molecular weight excluding hydrogens is 274 g/mol. The molecule has 1 aliphatic rings. The molecule has 1 fully saturated rings. The van der Waals surface area contributed by atoms with E-state index in [1.807, 2.05) is 0 Å². The van der Waals surface area contributed by atoms with Crippen LogP contribution in [-0.2, 0) is 9.59 Å². The third-order valence-electron chi connectivity index (χ3n) is 3.18. The molecule has 1 saturated heterocycles. The van der Waals surface area contributed by atoms with Crippen molar-refractivity contribution < 1.29 is 19.5 Å². The third-order valence-corrected chi connectivity index (χ3v) is 3.18. The van der Waals surface area contributed by atoms with Crippen LogP contribution in [0.4, 0.5) is 0 Å². The van der Waals surface area contributed by atoms with E-state index in [0.717, 1.165) is 6.08 Å². The van der Waals surface area contributed by atoms with Gasteiger partial charge in [-0.15, -0.1) is 0 Å². The molecule has 2 rings (SSSR count). The molecule has 21 heavy (non-hydrogen) atoms. The van der Waals surface area contributed by atoms with E-state index in [2.05, 4.69) is 10.3 Å². The van der Waals surface area contributed by atoms with Crippen LogP contribution in [0.5, 0.6) is 0 Å². The number of pyridine rings is 1. The number of carbonyl (C=O) groups is 3. The SMILES string of the molecule is CC1C(=O)NCCN1C(=O)c1ccc(C=CC(=O)O)cn1. The smallest absolute Gasteiger partial charge is 0.328 e. The van der Waals surface area contributed by atoms with Gasteiger partial charge in [-0.05, 0) is 24.6 Å². The predicted molar refractivity (Wildman–Crippen MR) is 74.4 cm³/mol. The van der Waals surface area contributed by atoms with E-state index in [0.29, 0.717) is 18.7 Å².